The average molecular weight is 301 g/mol. The van der Waals surface area contributed by atoms with E-state index in [1.54, 1.807) is 9.58 Å². The summed E-state index contributed by atoms with van der Waals surface area (Å²) < 4.78 is 7.18. The van der Waals surface area contributed by atoms with Crippen LogP contribution in [-0.2, 0) is 17.2 Å². The van der Waals surface area contributed by atoms with Crippen LogP contribution >= 0.6 is 11.6 Å². The Labute approximate surface area is 124 Å². The Morgan fingerprint density at radius 3 is 2.90 bits per heavy atom. The van der Waals surface area contributed by atoms with Gasteiger partial charge in [0, 0.05) is 12.7 Å². The zero-order valence-electron chi connectivity index (χ0n) is 12.2. The number of hydrogen-bond acceptors (Lipinski definition) is 4. The van der Waals surface area contributed by atoms with Crippen molar-refractivity contribution in [3.8, 4) is 0 Å². The molecule has 1 aliphatic heterocycles. The molecule has 1 aromatic rings. The fourth-order valence-electron chi connectivity index (χ4n) is 2.29. The molecular formula is C13H21ClN4O2. The van der Waals surface area contributed by atoms with E-state index in [4.69, 9.17) is 16.3 Å². The topological polar surface area (TPSA) is 60.2 Å². The minimum absolute atomic E-state index is 0.106. The third-order valence-electron chi connectivity index (χ3n) is 3.13. The molecule has 2 heterocycles. The lowest BCUT2D eigenvalue weighted by atomic mass is 10.2. The van der Waals surface area contributed by atoms with E-state index in [2.05, 4.69) is 10.3 Å². The molecule has 0 unspecified atom stereocenters. The molecule has 1 aliphatic rings. The third kappa shape index (κ3) is 3.85. The molecule has 20 heavy (non-hydrogen) atoms. The lowest BCUT2D eigenvalue weighted by Gasteiger charge is -2.28. The first-order chi connectivity index (χ1) is 9.39. The summed E-state index contributed by atoms with van der Waals surface area (Å²) in [6, 6.07) is 0.106. The van der Waals surface area contributed by atoms with Crippen molar-refractivity contribution in [2.45, 2.75) is 57.7 Å². The highest BCUT2D eigenvalue weighted by atomic mass is 35.5. The van der Waals surface area contributed by atoms with Crippen LogP contribution in [0.4, 0.5) is 4.79 Å². The second kappa shape index (κ2) is 5.99. The van der Waals surface area contributed by atoms with Gasteiger partial charge in [0.05, 0.1) is 24.2 Å². The molecule has 1 saturated heterocycles. The number of ether oxygens (including phenoxy) is 1. The summed E-state index contributed by atoms with van der Waals surface area (Å²) in [5.41, 5.74) is 0.275. The van der Waals surface area contributed by atoms with Crippen molar-refractivity contribution >= 4 is 17.7 Å². The van der Waals surface area contributed by atoms with Crippen molar-refractivity contribution in [3.05, 3.63) is 11.9 Å². The van der Waals surface area contributed by atoms with Crippen LogP contribution in [0.25, 0.3) is 0 Å². The van der Waals surface area contributed by atoms with Crippen LogP contribution in [0.5, 0.6) is 0 Å². The van der Waals surface area contributed by atoms with Gasteiger partial charge in [-0.1, -0.05) is 5.21 Å². The van der Waals surface area contributed by atoms with Gasteiger partial charge in [0.1, 0.15) is 5.60 Å². The summed E-state index contributed by atoms with van der Waals surface area (Å²) in [5, 5.41) is 7.97. The molecule has 7 heteroatoms. The lowest BCUT2D eigenvalue weighted by molar-refractivity contribution is 0.0211. The number of carbonyl (C=O) groups is 1. The van der Waals surface area contributed by atoms with Crippen LogP contribution in [0.1, 0.15) is 39.3 Å². The van der Waals surface area contributed by atoms with Crippen LogP contribution in [0.15, 0.2) is 6.20 Å². The summed E-state index contributed by atoms with van der Waals surface area (Å²) in [4.78, 5) is 13.9. The Morgan fingerprint density at radius 2 is 2.30 bits per heavy atom. The highest BCUT2D eigenvalue weighted by molar-refractivity contribution is 6.16. The molecule has 0 spiro atoms. The molecule has 1 atom stereocenters. The molecule has 0 N–H and O–H groups in total. The van der Waals surface area contributed by atoms with Gasteiger partial charge < -0.3 is 9.64 Å². The Balaban J connectivity index is 1.98. The smallest absolute Gasteiger partial charge is 0.410 e. The fraction of sp³-hybridized carbons (Fsp3) is 0.769. The third-order valence-corrected chi connectivity index (χ3v) is 3.40. The Hall–Kier alpha value is -1.30. The van der Waals surface area contributed by atoms with Gasteiger partial charge in [-0.2, -0.15) is 0 Å². The number of alkyl halides is 1. The minimum Gasteiger partial charge on any atom is -0.444 e. The highest BCUT2D eigenvalue weighted by Gasteiger charge is 2.32. The van der Waals surface area contributed by atoms with Gasteiger partial charge in [0.25, 0.3) is 0 Å². The number of halogens is 1. The molecule has 1 aromatic heterocycles. The molecule has 0 aromatic carbocycles. The summed E-state index contributed by atoms with van der Waals surface area (Å²) in [7, 11) is 0. The lowest BCUT2D eigenvalue weighted by Crippen LogP contribution is -2.41. The van der Waals surface area contributed by atoms with E-state index in [1.807, 2.05) is 27.0 Å². The molecular weight excluding hydrogens is 280 g/mol. The zero-order valence-corrected chi connectivity index (χ0v) is 12.9. The zero-order chi connectivity index (χ0) is 14.8. The van der Waals surface area contributed by atoms with Gasteiger partial charge in [-0.25, -0.2) is 4.79 Å². The Morgan fingerprint density at radius 1 is 1.55 bits per heavy atom. The summed E-state index contributed by atoms with van der Waals surface area (Å²) in [6.45, 7) is 6.99. The number of amides is 1. The van der Waals surface area contributed by atoms with Gasteiger partial charge >= 0.3 is 6.09 Å². The van der Waals surface area contributed by atoms with Crippen LogP contribution < -0.4 is 0 Å². The van der Waals surface area contributed by atoms with Crippen LogP contribution in [-0.4, -0.2) is 44.2 Å². The van der Waals surface area contributed by atoms with Gasteiger partial charge in [-0.15, -0.1) is 16.7 Å². The van der Waals surface area contributed by atoms with Crippen molar-refractivity contribution in [2.24, 2.45) is 0 Å². The van der Waals surface area contributed by atoms with Crippen LogP contribution in [0.2, 0.25) is 0 Å². The maximum Gasteiger partial charge on any atom is 0.410 e. The number of hydrogen-bond donors (Lipinski definition) is 0. The minimum atomic E-state index is -0.469. The van der Waals surface area contributed by atoms with E-state index in [0.717, 1.165) is 25.1 Å². The second-order valence-corrected chi connectivity index (χ2v) is 6.30. The van der Waals surface area contributed by atoms with E-state index < -0.39 is 5.60 Å². The number of carbonyl (C=O) groups excluding carboxylic acids is 1. The van der Waals surface area contributed by atoms with E-state index in [1.165, 1.54) is 0 Å². The molecule has 0 saturated carbocycles. The second-order valence-electron chi connectivity index (χ2n) is 6.04. The van der Waals surface area contributed by atoms with E-state index in [9.17, 15) is 4.79 Å². The molecule has 0 aliphatic carbocycles. The van der Waals surface area contributed by atoms with Gasteiger partial charge in [-0.3, -0.25) is 4.68 Å². The molecule has 2 rings (SSSR count). The maximum atomic E-state index is 12.2. The maximum absolute atomic E-state index is 12.2. The van der Waals surface area contributed by atoms with Crippen molar-refractivity contribution < 1.29 is 9.53 Å². The van der Waals surface area contributed by atoms with Crippen molar-refractivity contribution in [1.29, 1.82) is 0 Å². The average Bonchev–Trinajstić information content (AvgIpc) is 2.96. The number of likely N-dealkylation sites (tertiary alicyclic amines) is 1. The number of aromatic nitrogens is 3. The summed E-state index contributed by atoms with van der Waals surface area (Å²) >= 11 is 5.71. The quantitative estimate of drug-likeness (QED) is 0.804. The normalized spacial score (nSPS) is 19.4. The molecule has 112 valence electrons. The standard InChI is InChI=1S/C13H21ClN4O2/c1-13(2,3)20-12(19)18-6-4-5-11(18)9-17-8-10(7-14)15-16-17/h8,11H,4-7,9H2,1-3H3/t11-/m0/s1. The van der Waals surface area contributed by atoms with E-state index in [0.29, 0.717) is 12.4 Å². The van der Waals surface area contributed by atoms with Gasteiger partial charge in [0.2, 0.25) is 0 Å². The van der Waals surface area contributed by atoms with Gasteiger partial charge in [-0.05, 0) is 33.6 Å². The summed E-state index contributed by atoms with van der Waals surface area (Å²) in [5.74, 6) is 0.348. The first-order valence-electron chi connectivity index (χ1n) is 6.83. The molecule has 0 radical (unpaired) electrons. The van der Waals surface area contributed by atoms with Crippen molar-refractivity contribution in [2.75, 3.05) is 6.54 Å². The fourth-order valence-corrected chi connectivity index (χ4v) is 2.41. The molecule has 0 bridgehead atoms. The summed E-state index contributed by atoms with van der Waals surface area (Å²) in [6.07, 6.45) is 3.51. The van der Waals surface area contributed by atoms with Crippen LogP contribution in [0.3, 0.4) is 0 Å². The number of nitrogens with zero attached hydrogens (tertiary/aromatic N) is 4. The Bertz CT molecular complexity index is 469. The molecule has 6 nitrogen and oxygen atoms in total. The predicted molar refractivity (Wildman–Crippen MR) is 75.5 cm³/mol. The van der Waals surface area contributed by atoms with E-state index >= 15 is 0 Å². The highest BCUT2D eigenvalue weighted by Crippen LogP contribution is 2.22. The first-order valence-corrected chi connectivity index (χ1v) is 7.37. The van der Waals surface area contributed by atoms with Crippen molar-refractivity contribution in [1.82, 2.24) is 19.9 Å². The predicted octanol–water partition coefficient (Wildman–Crippen LogP) is 2.42. The Kier molecular flexibility index (Phi) is 4.52. The number of rotatable bonds is 3. The largest absolute Gasteiger partial charge is 0.444 e. The monoisotopic (exact) mass is 300 g/mol. The molecule has 1 amide bonds. The van der Waals surface area contributed by atoms with Crippen molar-refractivity contribution in [3.63, 3.8) is 0 Å². The van der Waals surface area contributed by atoms with Gasteiger partial charge in [0.15, 0.2) is 0 Å². The van der Waals surface area contributed by atoms with Crippen LogP contribution in [0, 0.1) is 0 Å². The first kappa shape index (κ1) is 15.1. The molecule has 1 fully saturated rings. The van der Waals surface area contributed by atoms with E-state index in [-0.39, 0.29) is 12.1 Å². The SMILES string of the molecule is CC(C)(C)OC(=O)N1CCC[C@H]1Cn1cc(CCl)nn1.